The standard InChI is InChI=1S/C30H24BN/c1-19(2)21-12-9-13-22(20(3)4)29(21)31-25-15-6-8-18-28(25)32-27-17-7-5-11-23(27)24-14-10-16-26(31)30(24)32/h5-18H,1,3H2,2,4H3. The molecule has 6 rings (SSSR count). The molecule has 4 aromatic carbocycles. The number of aromatic nitrogens is 1. The summed E-state index contributed by atoms with van der Waals surface area (Å²) in [6.45, 7) is 13.0. The Hall–Kier alpha value is -3.78. The normalized spacial score (nSPS) is 12.2. The van der Waals surface area contributed by atoms with E-state index in [1.54, 1.807) is 0 Å². The predicted molar refractivity (Wildman–Crippen MR) is 141 cm³/mol. The third-order valence-corrected chi connectivity index (χ3v) is 6.84. The molecule has 0 N–H and O–H groups in total. The van der Waals surface area contributed by atoms with E-state index >= 15 is 0 Å². The molecule has 152 valence electrons. The van der Waals surface area contributed by atoms with Gasteiger partial charge < -0.3 is 4.57 Å². The summed E-state index contributed by atoms with van der Waals surface area (Å²) in [5, 5.41) is 2.61. The number of benzene rings is 4. The second kappa shape index (κ2) is 6.86. The fourth-order valence-corrected chi connectivity index (χ4v) is 5.56. The summed E-state index contributed by atoms with van der Waals surface area (Å²) in [5.74, 6) is 0. The first kappa shape index (κ1) is 19.0. The maximum atomic E-state index is 4.33. The van der Waals surface area contributed by atoms with Crippen LogP contribution in [0.4, 0.5) is 0 Å². The van der Waals surface area contributed by atoms with Crippen LogP contribution >= 0.6 is 0 Å². The Labute approximate surface area is 189 Å². The van der Waals surface area contributed by atoms with Crippen molar-refractivity contribution in [3.63, 3.8) is 0 Å². The van der Waals surface area contributed by atoms with Gasteiger partial charge in [-0.3, -0.25) is 0 Å². The Balaban J connectivity index is 1.83. The molecule has 0 atom stereocenters. The number of allylic oxidation sites excluding steroid dienone is 2. The van der Waals surface area contributed by atoms with Gasteiger partial charge in [0.1, 0.15) is 0 Å². The van der Waals surface area contributed by atoms with E-state index in [0.29, 0.717) is 0 Å². The minimum absolute atomic E-state index is 0.117. The highest BCUT2D eigenvalue weighted by atomic mass is 15.0. The molecule has 32 heavy (non-hydrogen) atoms. The smallest absolute Gasteiger partial charge is 0.248 e. The quantitative estimate of drug-likeness (QED) is 0.332. The zero-order valence-electron chi connectivity index (χ0n) is 18.5. The van der Waals surface area contributed by atoms with E-state index in [4.69, 9.17) is 0 Å². The number of rotatable bonds is 3. The van der Waals surface area contributed by atoms with Gasteiger partial charge >= 0.3 is 0 Å². The number of hydrogen-bond acceptors (Lipinski definition) is 0. The molecule has 1 aliphatic heterocycles. The van der Waals surface area contributed by atoms with Gasteiger partial charge in [0.25, 0.3) is 0 Å². The maximum absolute atomic E-state index is 4.33. The average Bonchev–Trinajstić information content (AvgIpc) is 3.15. The van der Waals surface area contributed by atoms with Crippen molar-refractivity contribution in [1.82, 2.24) is 4.57 Å². The summed E-state index contributed by atoms with van der Waals surface area (Å²) in [6, 6.07) is 30.9. The van der Waals surface area contributed by atoms with E-state index in [-0.39, 0.29) is 6.71 Å². The van der Waals surface area contributed by atoms with Crippen molar-refractivity contribution >= 4 is 56.1 Å². The Morgan fingerprint density at radius 3 is 2.00 bits per heavy atom. The second-order valence-corrected chi connectivity index (χ2v) is 8.92. The van der Waals surface area contributed by atoms with Gasteiger partial charge in [0.2, 0.25) is 6.71 Å². The number of hydrogen-bond donors (Lipinski definition) is 0. The molecule has 0 radical (unpaired) electrons. The summed E-state index contributed by atoms with van der Waals surface area (Å²) in [4.78, 5) is 0. The summed E-state index contributed by atoms with van der Waals surface area (Å²) < 4.78 is 2.45. The fraction of sp³-hybridized carbons (Fsp3) is 0.0667. The first-order chi connectivity index (χ1) is 15.6. The minimum Gasteiger partial charge on any atom is -0.310 e. The van der Waals surface area contributed by atoms with Crippen molar-refractivity contribution in [2.45, 2.75) is 13.8 Å². The molecule has 0 saturated heterocycles. The van der Waals surface area contributed by atoms with Crippen molar-refractivity contribution in [2.24, 2.45) is 0 Å². The Bertz CT molecular complexity index is 1550. The van der Waals surface area contributed by atoms with E-state index < -0.39 is 0 Å². The lowest BCUT2D eigenvalue weighted by Gasteiger charge is -2.30. The summed E-state index contributed by atoms with van der Waals surface area (Å²) >= 11 is 0. The number of nitrogens with zero attached hydrogens (tertiary/aromatic N) is 1. The largest absolute Gasteiger partial charge is 0.310 e. The third-order valence-electron chi connectivity index (χ3n) is 6.84. The van der Waals surface area contributed by atoms with Gasteiger partial charge in [-0.15, -0.1) is 0 Å². The van der Waals surface area contributed by atoms with Gasteiger partial charge in [-0.1, -0.05) is 103 Å². The van der Waals surface area contributed by atoms with Gasteiger partial charge in [-0.25, -0.2) is 0 Å². The highest BCUT2D eigenvalue weighted by Crippen LogP contribution is 2.33. The molecule has 2 heteroatoms. The van der Waals surface area contributed by atoms with Gasteiger partial charge in [-0.2, -0.15) is 0 Å². The lowest BCUT2D eigenvalue weighted by Crippen LogP contribution is -2.57. The van der Waals surface area contributed by atoms with Crippen LogP contribution in [0.2, 0.25) is 0 Å². The second-order valence-electron chi connectivity index (χ2n) is 8.92. The average molecular weight is 409 g/mol. The molecule has 5 aromatic rings. The van der Waals surface area contributed by atoms with E-state index in [2.05, 4.69) is 117 Å². The Morgan fingerprint density at radius 1 is 0.656 bits per heavy atom. The topological polar surface area (TPSA) is 4.93 Å². The van der Waals surface area contributed by atoms with Crippen molar-refractivity contribution in [3.8, 4) is 5.69 Å². The van der Waals surface area contributed by atoms with Crippen LogP contribution < -0.4 is 16.4 Å². The van der Waals surface area contributed by atoms with Crippen molar-refractivity contribution in [2.75, 3.05) is 0 Å². The highest BCUT2D eigenvalue weighted by Gasteiger charge is 2.35. The molecular weight excluding hydrogens is 385 g/mol. The van der Waals surface area contributed by atoms with Crippen LogP contribution in [0, 0.1) is 0 Å². The summed E-state index contributed by atoms with van der Waals surface area (Å²) in [5.41, 5.74) is 12.4. The SMILES string of the molecule is C=C(C)c1cccc(C(=C)C)c1B1c2ccccc2-n2c3ccccc3c3cccc1c32. The zero-order valence-corrected chi connectivity index (χ0v) is 18.5. The molecule has 0 bridgehead atoms. The van der Waals surface area contributed by atoms with Crippen LogP contribution in [-0.2, 0) is 0 Å². The van der Waals surface area contributed by atoms with E-state index in [1.165, 1.54) is 55.0 Å². The van der Waals surface area contributed by atoms with Gasteiger partial charge in [0.05, 0.1) is 5.52 Å². The maximum Gasteiger partial charge on any atom is 0.248 e. The van der Waals surface area contributed by atoms with Gasteiger partial charge in [0, 0.05) is 22.0 Å². The molecule has 0 amide bonds. The van der Waals surface area contributed by atoms with Crippen LogP contribution in [0.3, 0.4) is 0 Å². The van der Waals surface area contributed by atoms with E-state index in [9.17, 15) is 0 Å². The molecule has 0 aliphatic carbocycles. The highest BCUT2D eigenvalue weighted by molar-refractivity contribution is 6.98. The summed E-state index contributed by atoms with van der Waals surface area (Å²) in [6.07, 6.45) is 0. The molecule has 1 nitrogen and oxygen atoms in total. The van der Waals surface area contributed by atoms with E-state index in [0.717, 1.165) is 11.1 Å². The van der Waals surface area contributed by atoms with Crippen molar-refractivity contribution < 1.29 is 0 Å². The van der Waals surface area contributed by atoms with Gasteiger partial charge in [-0.05, 0) is 48.0 Å². The fourth-order valence-electron chi connectivity index (χ4n) is 5.56. The monoisotopic (exact) mass is 409 g/mol. The van der Waals surface area contributed by atoms with Crippen molar-refractivity contribution in [3.05, 3.63) is 109 Å². The minimum atomic E-state index is 0.117. The number of para-hydroxylation sites is 3. The van der Waals surface area contributed by atoms with Crippen LogP contribution in [0.15, 0.2) is 98.1 Å². The molecular formula is C30H24BN. The van der Waals surface area contributed by atoms with Crippen LogP contribution in [0.1, 0.15) is 25.0 Å². The van der Waals surface area contributed by atoms with Crippen LogP contribution in [-0.4, -0.2) is 11.3 Å². The van der Waals surface area contributed by atoms with E-state index in [1.807, 2.05) is 0 Å². The number of fused-ring (bicyclic) bond motifs is 5. The third kappa shape index (κ3) is 2.47. The molecule has 0 spiro atoms. The van der Waals surface area contributed by atoms with Crippen molar-refractivity contribution in [1.29, 1.82) is 0 Å². The predicted octanol–water partition coefficient (Wildman–Crippen LogP) is 5.68. The first-order valence-electron chi connectivity index (χ1n) is 11.1. The van der Waals surface area contributed by atoms with Crippen LogP contribution in [0.25, 0.3) is 38.6 Å². The zero-order chi connectivity index (χ0) is 22.0. The first-order valence-corrected chi connectivity index (χ1v) is 11.1. The molecule has 1 aromatic heterocycles. The molecule has 0 unspecified atom stereocenters. The van der Waals surface area contributed by atoms with Crippen LogP contribution in [0.5, 0.6) is 0 Å². The molecule has 1 aliphatic rings. The van der Waals surface area contributed by atoms with Gasteiger partial charge in [0.15, 0.2) is 0 Å². The molecule has 2 heterocycles. The Kier molecular flexibility index (Phi) is 4.07. The lowest BCUT2D eigenvalue weighted by molar-refractivity contribution is 1.19. The molecule has 0 saturated carbocycles. The molecule has 0 fully saturated rings. The summed E-state index contributed by atoms with van der Waals surface area (Å²) in [7, 11) is 0. The Morgan fingerprint density at radius 2 is 1.25 bits per heavy atom. The lowest BCUT2D eigenvalue weighted by atomic mass is 9.34.